The number of benzene rings is 2. The van der Waals surface area contributed by atoms with E-state index in [1.807, 2.05) is 6.07 Å². The molecular weight excluding hydrogens is 320 g/mol. The lowest BCUT2D eigenvalue weighted by atomic mass is 10.2. The van der Waals surface area contributed by atoms with Crippen molar-refractivity contribution in [3.05, 3.63) is 54.1 Å². The molecule has 0 fully saturated rings. The minimum Gasteiger partial charge on any atom is -0.485 e. The van der Waals surface area contributed by atoms with Crippen LogP contribution in [0.2, 0.25) is 0 Å². The molecule has 7 heteroatoms. The fraction of sp³-hybridized carbons (Fsp3) is 0.235. The van der Waals surface area contributed by atoms with Crippen molar-refractivity contribution in [2.45, 2.75) is 19.3 Å². The first kappa shape index (κ1) is 16.0. The smallest absolute Gasteiger partial charge is 0.387 e. The van der Waals surface area contributed by atoms with Crippen LogP contribution < -0.4 is 19.5 Å². The average Bonchev–Trinajstić information content (AvgIpc) is 2.60. The van der Waals surface area contributed by atoms with Gasteiger partial charge in [-0.25, -0.2) is 0 Å². The molecule has 1 N–H and O–H groups in total. The molecule has 1 unspecified atom stereocenters. The molecule has 0 spiro atoms. The summed E-state index contributed by atoms with van der Waals surface area (Å²) in [5.41, 5.74) is 0.752. The Morgan fingerprint density at radius 3 is 2.58 bits per heavy atom. The number of alkyl halides is 2. The fourth-order valence-corrected chi connectivity index (χ4v) is 2.24. The Balaban J connectivity index is 1.53. The number of hydrogen-bond acceptors (Lipinski definition) is 4. The van der Waals surface area contributed by atoms with Crippen molar-refractivity contribution in [1.82, 2.24) is 5.32 Å². The number of ether oxygens (including phenoxy) is 3. The molecule has 5 nitrogen and oxygen atoms in total. The lowest BCUT2D eigenvalue weighted by Gasteiger charge is -2.25. The van der Waals surface area contributed by atoms with Gasteiger partial charge in [-0.05, 0) is 29.8 Å². The second kappa shape index (κ2) is 7.16. The third-order valence-electron chi connectivity index (χ3n) is 3.42. The van der Waals surface area contributed by atoms with E-state index in [4.69, 9.17) is 9.47 Å². The minimum atomic E-state index is -2.86. The maximum Gasteiger partial charge on any atom is 0.387 e. The van der Waals surface area contributed by atoms with E-state index in [1.165, 1.54) is 12.1 Å². The number of amides is 1. The van der Waals surface area contributed by atoms with E-state index >= 15 is 0 Å². The Bertz CT molecular complexity index is 706. The lowest BCUT2D eigenvalue weighted by molar-refractivity contribution is -0.130. The summed E-state index contributed by atoms with van der Waals surface area (Å²) in [6.45, 7) is -2.49. The molecule has 2 aromatic carbocycles. The number of nitrogens with one attached hydrogen (secondary N) is 1. The molecule has 3 rings (SSSR count). The highest BCUT2D eigenvalue weighted by Crippen LogP contribution is 2.30. The van der Waals surface area contributed by atoms with Gasteiger partial charge in [0.15, 0.2) is 11.5 Å². The van der Waals surface area contributed by atoms with Crippen LogP contribution >= 0.6 is 0 Å². The van der Waals surface area contributed by atoms with Gasteiger partial charge in [0, 0.05) is 6.54 Å². The highest BCUT2D eigenvalue weighted by atomic mass is 19.3. The molecule has 0 radical (unpaired) electrons. The number of halogens is 2. The molecule has 1 heterocycles. The SMILES string of the molecule is O=C(NCc1ccc(OC(F)F)cc1)C1COc2ccccc2O1. The summed E-state index contributed by atoms with van der Waals surface area (Å²) in [4.78, 5) is 12.2. The Morgan fingerprint density at radius 1 is 1.17 bits per heavy atom. The molecule has 1 amide bonds. The molecule has 126 valence electrons. The van der Waals surface area contributed by atoms with Crippen LogP contribution in [-0.2, 0) is 11.3 Å². The first-order valence-electron chi connectivity index (χ1n) is 7.32. The number of carbonyl (C=O) groups excluding carboxylic acids is 1. The predicted molar refractivity (Wildman–Crippen MR) is 81.3 cm³/mol. The van der Waals surface area contributed by atoms with E-state index in [-0.39, 0.29) is 24.8 Å². The van der Waals surface area contributed by atoms with Crippen LogP contribution in [0.3, 0.4) is 0 Å². The Kier molecular flexibility index (Phi) is 4.79. The monoisotopic (exact) mass is 335 g/mol. The third kappa shape index (κ3) is 3.92. The molecule has 24 heavy (non-hydrogen) atoms. The number of para-hydroxylation sites is 2. The number of hydrogen-bond donors (Lipinski definition) is 1. The molecule has 2 aromatic rings. The summed E-state index contributed by atoms with van der Waals surface area (Å²) >= 11 is 0. The number of fused-ring (bicyclic) bond motifs is 1. The van der Waals surface area contributed by atoms with Gasteiger partial charge in [-0.1, -0.05) is 24.3 Å². The zero-order valence-corrected chi connectivity index (χ0v) is 12.6. The van der Waals surface area contributed by atoms with Crippen molar-refractivity contribution in [2.24, 2.45) is 0 Å². The second-order valence-electron chi connectivity index (χ2n) is 5.10. The van der Waals surface area contributed by atoms with Gasteiger partial charge in [0.25, 0.3) is 5.91 Å². The molecule has 0 bridgehead atoms. The maximum atomic E-state index is 12.2. The zero-order valence-electron chi connectivity index (χ0n) is 12.6. The quantitative estimate of drug-likeness (QED) is 0.913. The molecule has 1 aliphatic heterocycles. The topological polar surface area (TPSA) is 56.8 Å². The summed E-state index contributed by atoms with van der Waals surface area (Å²) in [5, 5.41) is 2.73. The maximum absolute atomic E-state index is 12.2. The Morgan fingerprint density at radius 2 is 1.88 bits per heavy atom. The van der Waals surface area contributed by atoms with E-state index < -0.39 is 12.7 Å². The lowest BCUT2D eigenvalue weighted by Crippen LogP contribution is -2.43. The third-order valence-corrected chi connectivity index (χ3v) is 3.42. The largest absolute Gasteiger partial charge is 0.485 e. The zero-order chi connectivity index (χ0) is 16.9. The summed E-state index contributed by atoms with van der Waals surface area (Å²) in [6.07, 6.45) is -0.735. The molecule has 0 saturated heterocycles. The van der Waals surface area contributed by atoms with Crippen LogP contribution in [0.15, 0.2) is 48.5 Å². The highest BCUT2D eigenvalue weighted by Gasteiger charge is 2.26. The summed E-state index contributed by atoms with van der Waals surface area (Å²) in [5.74, 6) is 0.895. The van der Waals surface area contributed by atoms with Crippen LogP contribution in [0.4, 0.5) is 8.78 Å². The molecule has 1 atom stereocenters. The van der Waals surface area contributed by atoms with Gasteiger partial charge >= 0.3 is 6.61 Å². The van der Waals surface area contributed by atoms with Gasteiger partial charge in [0.2, 0.25) is 6.10 Å². The Hall–Kier alpha value is -2.83. The Labute approximate surface area is 137 Å². The highest BCUT2D eigenvalue weighted by molar-refractivity contribution is 5.81. The van der Waals surface area contributed by atoms with Crippen molar-refractivity contribution in [3.63, 3.8) is 0 Å². The van der Waals surface area contributed by atoms with E-state index in [0.717, 1.165) is 5.56 Å². The van der Waals surface area contributed by atoms with Crippen molar-refractivity contribution >= 4 is 5.91 Å². The van der Waals surface area contributed by atoms with Crippen LogP contribution in [-0.4, -0.2) is 25.2 Å². The van der Waals surface area contributed by atoms with Crippen LogP contribution in [0.25, 0.3) is 0 Å². The van der Waals surface area contributed by atoms with E-state index in [1.54, 1.807) is 30.3 Å². The predicted octanol–water partition coefficient (Wildman–Crippen LogP) is 2.74. The van der Waals surface area contributed by atoms with E-state index in [2.05, 4.69) is 10.1 Å². The van der Waals surface area contributed by atoms with Gasteiger partial charge in [-0.2, -0.15) is 8.78 Å². The van der Waals surface area contributed by atoms with Gasteiger partial charge in [0.05, 0.1) is 0 Å². The standard InChI is InChI=1S/C17H15F2NO4/c18-17(19)23-12-7-5-11(6-8-12)9-20-16(21)15-10-22-13-3-1-2-4-14(13)24-15/h1-8,15,17H,9-10H2,(H,20,21). The summed E-state index contributed by atoms with van der Waals surface area (Å²) < 4.78 is 39.5. The fourth-order valence-electron chi connectivity index (χ4n) is 2.24. The van der Waals surface area contributed by atoms with E-state index in [0.29, 0.717) is 11.5 Å². The normalized spacial score (nSPS) is 15.9. The van der Waals surface area contributed by atoms with Crippen molar-refractivity contribution < 1.29 is 27.8 Å². The second-order valence-corrected chi connectivity index (χ2v) is 5.10. The molecular formula is C17H15F2NO4. The molecule has 0 aromatic heterocycles. The number of rotatable bonds is 5. The van der Waals surface area contributed by atoms with Gasteiger partial charge in [-0.3, -0.25) is 4.79 Å². The summed E-state index contributed by atoms with van der Waals surface area (Å²) in [7, 11) is 0. The first-order valence-corrected chi connectivity index (χ1v) is 7.32. The van der Waals surface area contributed by atoms with Crippen LogP contribution in [0.5, 0.6) is 17.2 Å². The molecule has 0 saturated carbocycles. The van der Waals surface area contributed by atoms with Gasteiger partial charge in [0.1, 0.15) is 12.4 Å². The van der Waals surface area contributed by atoms with Crippen molar-refractivity contribution in [1.29, 1.82) is 0 Å². The molecule has 1 aliphatic rings. The average molecular weight is 335 g/mol. The van der Waals surface area contributed by atoms with Gasteiger partial charge in [-0.15, -0.1) is 0 Å². The summed E-state index contributed by atoms with van der Waals surface area (Å²) in [6, 6.07) is 13.2. The first-order chi connectivity index (χ1) is 11.6. The number of carbonyl (C=O) groups is 1. The van der Waals surface area contributed by atoms with Crippen molar-refractivity contribution in [3.8, 4) is 17.2 Å². The minimum absolute atomic E-state index is 0.0701. The van der Waals surface area contributed by atoms with Crippen molar-refractivity contribution in [2.75, 3.05) is 6.61 Å². The van der Waals surface area contributed by atoms with E-state index in [9.17, 15) is 13.6 Å². The molecule has 0 aliphatic carbocycles. The van der Waals surface area contributed by atoms with Gasteiger partial charge < -0.3 is 19.5 Å². The van der Waals surface area contributed by atoms with Crippen LogP contribution in [0, 0.1) is 0 Å². The van der Waals surface area contributed by atoms with Crippen LogP contribution in [0.1, 0.15) is 5.56 Å².